The lowest BCUT2D eigenvalue weighted by Gasteiger charge is -2.08. The van der Waals surface area contributed by atoms with E-state index in [1.54, 1.807) is 0 Å². The Kier molecular flexibility index (Phi) is 12.0. The van der Waals surface area contributed by atoms with Crippen molar-refractivity contribution in [3.63, 3.8) is 0 Å². The van der Waals surface area contributed by atoms with Gasteiger partial charge in [-0.1, -0.05) is 97.3 Å². The summed E-state index contributed by atoms with van der Waals surface area (Å²) < 4.78 is 0. The fourth-order valence-corrected chi connectivity index (χ4v) is 3.29. The summed E-state index contributed by atoms with van der Waals surface area (Å²) in [6.07, 6.45) is 21.8. The minimum Gasteiger partial charge on any atom is -0.346 e. The molecule has 0 amide bonds. The summed E-state index contributed by atoms with van der Waals surface area (Å²) >= 11 is 0. The van der Waals surface area contributed by atoms with Crippen LogP contribution in [0.15, 0.2) is 6.20 Å². The van der Waals surface area contributed by atoms with E-state index >= 15 is 0 Å². The number of hydrogen-bond acceptors (Lipinski definition) is 1. The molecule has 0 aliphatic heterocycles. The molecule has 0 radical (unpaired) electrons. The minimum absolute atomic E-state index is 0.580. The van der Waals surface area contributed by atoms with Gasteiger partial charge in [-0.3, -0.25) is 0 Å². The average Bonchev–Trinajstić information content (AvgIpc) is 2.98. The molecule has 1 aromatic heterocycles. The first-order valence-electron chi connectivity index (χ1n) is 10.3. The number of imidazole rings is 1. The predicted molar refractivity (Wildman–Crippen MR) is 102 cm³/mol. The van der Waals surface area contributed by atoms with Gasteiger partial charge in [0.1, 0.15) is 5.82 Å². The summed E-state index contributed by atoms with van der Waals surface area (Å²) in [5.74, 6) is 1.75. The zero-order chi connectivity index (χ0) is 16.8. The molecule has 23 heavy (non-hydrogen) atoms. The number of hydrogen-bond donors (Lipinski definition) is 1. The molecule has 134 valence electrons. The summed E-state index contributed by atoms with van der Waals surface area (Å²) in [6, 6.07) is 0. The van der Waals surface area contributed by atoms with E-state index in [2.05, 4.69) is 30.7 Å². The van der Waals surface area contributed by atoms with E-state index in [1.807, 2.05) is 6.20 Å². The highest BCUT2D eigenvalue weighted by Gasteiger charge is 2.08. The number of aromatic nitrogens is 2. The van der Waals surface area contributed by atoms with Gasteiger partial charge in [0.05, 0.1) is 0 Å². The molecule has 1 atom stereocenters. The summed E-state index contributed by atoms with van der Waals surface area (Å²) in [5, 5.41) is 0. The number of H-pyrrole nitrogens is 1. The molecule has 2 nitrogen and oxygen atoms in total. The molecule has 1 aromatic rings. The maximum atomic E-state index is 4.44. The minimum atomic E-state index is 0.580. The van der Waals surface area contributed by atoms with E-state index in [9.17, 15) is 0 Å². The van der Waals surface area contributed by atoms with Crippen molar-refractivity contribution in [1.29, 1.82) is 0 Å². The number of nitrogens with zero attached hydrogens (tertiary/aromatic N) is 1. The van der Waals surface area contributed by atoms with E-state index in [-0.39, 0.29) is 0 Å². The Morgan fingerprint density at radius 2 is 1.30 bits per heavy atom. The first-order valence-corrected chi connectivity index (χ1v) is 10.3. The van der Waals surface area contributed by atoms with Gasteiger partial charge in [-0.25, -0.2) is 4.98 Å². The van der Waals surface area contributed by atoms with Crippen LogP contribution >= 0.6 is 0 Å². The highest BCUT2D eigenvalue weighted by molar-refractivity contribution is 5.02. The molecular weight excluding hydrogens is 280 g/mol. The van der Waals surface area contributed by atoms with Crippen LogP contribution in [0, 0.1) is 6.92 Å². The maximum Gasteiger partial charge on any atom is 0.109 e. The molecule has 0 saturated heterocycles. The standard InChI is InChI=1S/C21H40N2/c1-4-5-6-7-8-9-10-11-12-13-14-15-16-17-19(2)21-22-18-20(3)23-21/h18-19H,4-17H2,1-3H3,(H,22,23). The largest absolute Gasteiger partial charge is 0.346 e. The SMILES string of the molecule is CCCCCCCCCCCCCCCC(C)c1ncc(C)[nH]1. The van der Waals surface area contributed by atoms with Crippen LogP contribution in [0.2, 0.25) is 0 Å². The first kappa shape index (κ1) is 20.3. The van der Waals surface area contributed by atoms with Crippen molar-refractivity contribution in [1.82, 2.24) is 9.97 Å². The topological polar surface area (TPSA) is 28.7 Å². The van der Waals surface area contributed by atoms with Crippen molar-refractivity contribution in [2.75, 3.05) is 0 Å². The third-order valence-corrected chi connectivity index (χ3v) is 4.93. The van der Waals surface area contributed by atoms with E-state index in [0.29, 0.717) is 5.92 Å². The molecule has 0 aromatic carbocycles. The molecule has 1 N–H and O–H groups in total. The molecule has 0 fully saturated rings. The Hall–Kier alpha value is -0.790. The number of aryl methyl sites for hydroxylation is 1. The zero-order valence-corrected chi connectivity index (χ0v) is 16.0. The highest BCUT2D eigenvalue weighted by Crippen LogP contribution is 2.20. The predicted octanol–water partition coefficient (Wildman–Crippen LogP) is 7.30. The van der Waals surface area contributed by atoms with Crippen LogP contribution < -0.4 is 0 Å². The smallest absolute Gasteiger partial charge is 0.109 e. The molecule has 1 unspecified atom stereocenters. The molecule has 0 saturated carbocycles. The average molecular weight is 321 g/mol. The van der Waals surface area contributed by atoms with Crippen LogP contribution in [0.25, 0.3) is 0 Å². The molecule has 0 aliphatic rings. The van der Waals surface area contributed by atoms with Gasteiger partial charge < -0.3 is 4.98 Å². The molecule has 0 spiro atoms. The molecule has 0 aliphatic carbocycles. The quantitative estimate of drug-likeness (QED) is 0.337. The van der Waals surface area contributed by atoms with Crippen LogP contribution in [0.3, 0.4) is 0 Å². The second kappa shape index (κ2) is 13.6. The number of aromatic amines is 1. The monoisotopic (exact) mass is 320 g/mol. The van der Waals surface area contributed by atoms with E-state index in [1.165, 1.54) is 101 Å². The van der Waals surface area contributed by atoms with Crippen molar-refractivity contribution in [2.24, 2.45) is 0 Å². The van der Waals surface area contributed by atoms with Crippen molar-refractivity contribution < 1.29 is 0 Å². The first-order chi connectivity index (χ1) is 11.2. The molecule has 2 heteroatoms. The van der Waals surface area contributed by atoms with Crippen LogP contribution in [0.5, 0.6) is 0 Å². The summed E-state index contributed by atoms with van der Waals surface area (Å²) in [7, 11) is 0. The fraction of sp³-hybridized carbons (Fsp3) is 0.857. The number of rotatable bonds is 15. The highest BCUT2D eigenvalue weighted by atomic mass is 14.9. The van der Waals surface area contributed by atoms with Crippen LogP contribution in [0.1, 0.15) is 121 Å². The number of unbranched alkanes of at least 4 members (excludes halogenated alkanes) is 12. The van der Waals surface area contributed by atoms with Crippen molar-refractivity contribution in [3.05, 3.63) is 17.7 Å². The lowest BCUT2D eigenvalue weighted by Crippen LogP contribution is -1.96. The van der Waals surface area contributed by atoms with Crippen LogP contribution in [-0.2, 0) is 0 Å². The van der Waals surface area contributed by atoms with Crippen molar-refractivity contribution in [2.45, 2.75) is 117 Å². The molecule has 1 heterocycles. The number of nitrogens with one attached hydrogen (secondary N) is 1. The van der Waals surface area contributed by atoms with Gasteiger partial charge in [0.25, 0.3) is 0 Å². The van der Waals surface area contributed by atoms with Gasteiger partial charge in [0.2, 0.25) is 0 Å². The zero-order valence-electron chi connectivity index (χ0n) is 16.0. The van der Waals surface area contributed by atoms with E-state index < -0.39 is 0 Å². The van der Waals surface area contributed by atoms with Gasteiger partial charge in [-0.05, 0) is 13.3 Å². The summed E-state index contributed by atoms with van der Waals surface area (Å²) in [6.45, 7) is 6.66. The van der Waals surface area contributed by atoms with Crippen LogP contribution in [-0.4, -0.2) is 9.97 Å². The van der Waals surface area contributed by atoms with Crippen molar-refractivity contribution >= 4 is 0 Å². The lowest BCUT2D eigenvalue weighted by atomic mass is 10.0. The second-order valence-corrected chi connectivity index (χ2v) is 7.38. The maximum absolute atomic E-state index is 4.44. The van der Waals surface area contributed by atoms with Gasteiger partial charge in [-0.15, -0.1) is 0 Å². The van der Waals surface area contributed by atoms with Crippen LogP contribution in [0.4, 0.5) is 0 Å². The normalized spacial score (nSPS) is 12.7. The summed E-state index contributed by atoms with van der Waals surface area (Å²) in [4.78, 5) is 7.80. The molecule has 1 rings (SSSR count). The summed E-state index contributed by atoms with van der Waals surface area (Å²) in [5.41, 5.74) is 1.18. The van der Waals surface area contributed by atoms with Gasteiger partial charge in [-0.2, -0.15) is 0 Å². The van der Waals surface area contributed by atoms with E-state index in [4.69, 9.17) is 0 Å². The van der Waals surface area contributed by atoms with Gasteiger partial charge in [0, 0.05) is 17.8 Å². The lowest BCUT2D eigenvalue weighted by molar-refractivity contribution is 0.522. The van der Waals surface area contributed by atoms with Gasteiger partial charge in [0.15, 0.2) is 0 Å². The van der Waals surface area contributed by atoms with Gasteiger partial charge >= 0.3 is 0 Å². The third-order valence-electron chi connectivity index (χ3n) is 4.93. The molecule has 0 bridgehead atoms. The second-order valence-electron chi connectivity index (χ2n) is 7.38. The fourth-order valence-electron chi connectivity index (χ4n) is 3.29. The Morgan fingerprint density at radius 3 is 1.74 bits per heavy atom. The molecular formula is C21H40N2. The van der Waals surface area contributed by atoms with E-state index in [0.717, 1.165) is 0 Å². The Morgan fingerprint density at radius 1 is 0.826 bits per heavy atom. The van der Waals surface area contributed by atoms with Crippen molar-refractivity contribution in [3.8, 4) is 0 Å². The third kappa shape index (κ3) is 10.6. The Labute approximate surface area is 144 Å². The Bertz CT molecular complexity index is 370. The Balaban J connectivity index is 1.81.